The Labute approximate surface area is 109 Å². The number of hydrogen-bond donors (Lipinski definition) is 1. The third-order valence-corrected chi connectivity index (χ3v) is 3.68. The lowest BCUT2D eigenvalue weighted by Gasteiger charge is -2.12. The maximum Gasteiger partial charge on any atom is 0.224 e. The molecule has 18 heavy (non-hydrogen) atoms. The molecule has 2 aromatic rings. The number of nitrogens with one attached hydrogen (secondary N) is 1. The minimum atomic E-state index is -0.286. The zero-order valence-electron chi connectivity index (χ0n) is 10.0. The molecule has 0 radical (unpaired) electrons. The maximum absolute atomic E-state index is 12.7. The van der Waals surface area contributed by atoms with Gasteiger partial charge in [-0.25, -0.2) is 4.39 Å². The Kier molecular flexibility index (Phi) is 4.10. The highest BCUT2D eigenvalue weighted by Crippen LogP contribution is 2.18. The lowest BCUT2D eigenvalue weighted by molar-refractivity contribution is -0.121. The zero-order valence-corrected chi connectivity index (χ0v) is 10.8. The molecule has 0 aliphatic rings. The van der Waals surface area contributed by atoms with E-state index in [1.165, 1.54) is 12.1 Å². The summed E-state index contributed by atoms with van der Waals surface area (Å²) in [6.07, 6.45) is 0.274. The van der Waals surface area contributed by atoms with Crippen LogP contribution in [0.3, 0.4) is 0 Å². The van der Waals surface area contributed by atoms with Gasteiger partial charge in [0.25, 0.3) is 0 Å². The number of rotatable bonds is 4. The molecule has 1 aromatic carbocycles. The van der Waals surface area contributed by atoms with Gasteiger partial charge >= 0.3 is 0 Å². The first-order chi connectivity index (χ1) is 8.65. The highest BCUT2D eigenvalue weighted by atomic mass is 32.1. The lowest BCUT2D eigenvalue weighted by atomic mass is 10.1. The molecule has 1 aromatic heterocycles. The van der Waals surface area contributed by atoms with Gasteiger partial charge in [-0.3, -0.25) is 4.79 Å². The van der Waals surface area contributed by atoms with Gasteiger partial charge in [-0.2, -0.15) is 0 Å². The van der Waals surface area contributed by atoms with Gasteiger partial charge in [0.05, 0.1) is 12.5 Å². The molecule has 0 aliphatic carbocycles. The molecular weight excluding hydrogens is 249 g/mol. The molecule has 1 heterocycles. The molecule has 1 amide bonds. The van der Waals surface area contributed by atoms with Crippen LogP contribution in [0.4, 0.5) is 4.39 Å². The average molecular weight is 263 g/mol. The van der Waals surface area contributed by atoms with Crippen LogP contribution in [0.15, 0.2) is 41.8 Å². The Morgan fingerprint density at radius 2 is 2.06 bits per heavy atom. The summed E-state index contributed by atoms with van der Waals surface area (Å²) >= 11 is 1.62. The van der Waals surface area contributed by atoms with Crippen LogP contribution in [0, 0.1) is 5.82 Å². The Morgan fingerprint density at radius 1 is 1.33 bits per heavy atom. The van der Waals surface area contributed by atoms with E-state index in [0.717, 1.165) is 10.4 Å². The van der Waals surface area contributed by atoms with Crippen LogP contribution in [0.5, 0.6) is 0 Å². The molecule has 0 saturated carbocycles. The molecule has 1 atom stereocenters. The first kappa shape index (κ1) is 12.8. The minimum absolute atomic E-state index is 0.0120. The SMILES string of the molecule is C[C@@H](NC(=O)Cc1ccc(F)cc1)c1cccs1. The maximum atomic E-state index is 12.7. The standard InChI is InChI=1S/C14H14FNOS/c1-10(13-3-2-8-18-13)16-14(17)9-11-4-6-12(15)7-5-11/h2-8,10H,9H2,1H3,(H,16,17)/t10-/m1/s1. The molecule has 0 unspecified atom stereocenters. The predicted molar refractivity (Wildman–Crippen MR) is 71.0 cm³/mol. The van der Waals surface area contributed by atoms with Crippen molar-refractivity contribution in [2.24, 2.45) is 0 Å². The van der Waals surface area contributed by atoms with Crippen molar-refractivity contribution in [1.82, 2.24) is 5.32 Å². The summed E-state index contributed by atoms with van der Waals surface area (Å²) in [4.78, 5) is 12.9. The van der Waals surface area contributed by atoms with E-state index in [0.29, 0.717) is 0 Å². The first-order valence-corrected chi connectivity index (χ1v) is 6.60. The molecule has 1 N–H and O–H groups in total. The minimum Gasteiger partial charge on any atom is -0.348 e. The van der Waals surface area contributed by atoms with E-state index in [1.54, 1.807) is 23.5 Å². The number of carbonyl (C=O) groups is 1. The topological polar surface area (TPSA) is 29.1 Å². The van der Waals surface area contributed by atoms with E-state index in [-0.39, 0.29) is 24.2 Å². The molecule has 0 spiro atoms. The van der Waals surface area contributed by atoms with E-state index < -0.39 is 0 Å². The Bertz CT molecular complexity index is 507. The van der Waals surface area contributed by atoms with Gasteiger partial charge in [-0.05, 0) is 36.1 Å². The largest absolute Gasteiger partial charge is 0.348 e. The predicted octanol–water partition coefficient (Wildman–Crippen LogP) is 3.31. The van der Waals surface area contributed by atoms with Gasteiger partial charge in [0.15, 0.2) is 0 Å². The molecular formula is C14H14FNOS. The summed E-state index contributed by atoms with van der Waals surface area (Å²) in [6, 6.07) is 9.96. The van der Waals surface area contributed by atoms with Crippen LogP contribution in [-0.2, 0) is 11.2 Å². The van der Waals surface area contributed by atoms with Crippen molar-refractivity contribution in [2.75, 3.05) is 0 Å². The average Bonchev–Trinajstić information content (AvgIpc) is 2.85. The van der Waals surface area contributed by atoms with Crippen molar-refractivity contribution in [3.63, 3.8) is 0 Å². The Morgan fingerprint density at radius 3 is 2.67 bits per heavy atom. The van der Waals surface area contributed by atoms with E-state index in [9.17, 15) is 9.18 Å². The number of carbonyl (C=O) groups excluding carboxylic acids is 1. The third-order valence-electron chi connectivity index (χ3n) is 2.63. The van der Waals surface area contributed by atoms with Gasteiger partial charge in [0.2, 0.25) is 5.91 Å². The molecule has 4 heteroatoms. The fourth-order valence-electron chi connectivity index (χ4n) is 1.69. The molecule has 0 aliphatic heterocycles. The van der Waals surface area contributed by atoms with Crippen molar-refractivity contribution in [2.45, 2.75) is 19.4 Å². The molecule has 2 nitrogen and oxygen atoms in total. The summed E-state index contributed by atoms with van der Waals surface area (Å²) in [5.74, 6) is -0.339. The highest BCUT2D eigenvalue weighted by molar-refractivity contribution is 7.10. The fraction of sp³-hybridized carbons (Fsp3) is 0.214. The van der Waals surface area contributed by atoms with Crippen LogP contribution in [0.2, 0.25) is 0 Å². The van der Waals surface area contributed by atoms with Crippen molar-refractivity contribution in [1.29, 1.82) is 0 Å². The van der Waals surface area contributed by atoms with Gasteiger partial charge in [0.1, 0.15) is 5.82 Å². The van der Waals surface area contributed by atoms with Crippen molar-refractivity contribution in [3.05, 3.63) is 58.0 Å². The Balaban J connectivity index is 1.91. The van der Waals surface area contributed by atoms with Crippen LogP contribution in [0.25, 0.3) is 0 Å². The van der Waals surface area contributed by atoms with Crippen molar-refractivity contribution in [3.8, 4) is 0 Å². The normalized spacial score (nSPS) is 12.1. The summed E-state index contributed by atoms with van der Waals surface area (Å²) in [5, 5.41) is 4.91. The van der Waals surface area contributed by atoms with Crippen LogP contribution in [-0.4, -0.2) is 5.91 Å². The number of hydrogen-bond acceptors (Lipinski definition) is 2. The number of amides is 1. The summed E-state index contributed by atoms with van der Waals surface area (Å²) in [5.41, 5.74) is 0.812. The first-order valence-electron chi connectivity index (χ1n) is 5.72. The van der Waals surface area contributed by atoms with Crippen molar-refractivity contribution >= 4 is 17.2 Å². The smallest absolute Gasteiger partial charge is 0.224 e. The van der Waals surface area contributed by atoms with E-state index >= 15 is 0 Å². The molecule has 0 bridgehead atoms. The van der Waals surface area contributed by atoms with E-state index in [1.807, 2.05) is 24.4 Å². The van der Waals surface area contributed by atoms with Gasteiger partial charge in [0, 0.05) is 4.88 Å². The second-order valence-corrected chi connectivity index (χ2v) is 5.09. The summed E-state index contributed by atoms with van der Waals surface area (Å²) in [7, 11) is 0. The Hall–Kier alpha value is -1.68. The lowest BCUT2D eigenvalue weighted by Crippen LogP contribution is -2.27. The number of benzene rings is 1. The molecule has 94 valence electrons. The molecule has 0 fully saturated rings. The number of halogens is 1. The monoisotopic (exact) mass is 263 g/mol. The van der Waals surface area contributed by atoms with Crippen molar-refractivity contribution < 1.29 is 9.18 Å². The quantitative estimate of drug-likeness (QED) is 0.901. The zero-order chi connectivity index (χ0) is 13.0. The molecule has 2 rings (SSSR count). The fourth-order valence-corrected chi connectivity index (χ4v) is 2.42. The van der Waals surface area contributed by atoms with Crippen LogP contribution >= 0.6 is 11.3 Å². The third kappa shape index (κ3) is 3.40. The highest BCUT2D eigenvalue weighted by Gasteiger charge is 2.10. The van der Waals surface area contributed by atoms with Gasteiger partial charge < -0.3 is 5.32 Å². The van der Waals surface area contributed by atoms with Crippen LogP contribution in [0.1, 0.15) is 23.4 Å². The van der Waals surface area contributed by atoms with Crippen LogP contribution < -0.4 is 5.32 Å². The second-order valence-electron chi connectivity index (χ2n) is 4.11. The second kappa shape index (κ2) is 5.78. The van der Waals surface area contributed by atoms with E-state index in [4.69, 9.17) is 0 Å². The van der Waals surface area contributed by atoms with E-state index in [2.05, 4.69) is 5.32 Å². The van der Waals surface area contributed by atoms with Gasteiger partial charge in [-0.15, -0.1) is 11.3 Å². The van der Waals surface area contributed by atoms with Gasteiger partial charge in [-0.1, -0.05) is 18.2 Å². The molecule has 0 saturated heterocycles. The number of thiophene rings is 1. The summed E-state index contributed by atoms with van der Waals surface area (Å²) in [6.45, 7) is 1.95. The summed E-state index contributed by atoms with van der Waals surface area (Å²) < 4.78 is 12.7.